The molecule has 0 nitrogen and oxygen atoms in total. The number of rotatable bonds is 4. The molecule has 0 amide bonds. The Hall–Kier alpha value is -0.990. The van der Waals surface area contributed by atoms with Crippen LogP contribution >= 0.6 is 0 Å². The number of benzene rings is 1. The minimum Gasteiger partial charge on any atom is -0.247 e. The topological polar surface area (TPSA) is 0 Å². The van der Waals surface area contributed by atoms with Gasteiger partial charge in [-0.2, -0.15) is 0 Å². The first-order valence-electron chi connectivity index (χ1n) is 9.62. The van der Waals surface area contributed by atoms with Gasteiger partial charge in [-0.25, -0.2) is 13.2 Å². The van der Waals surface area contributed by atoms with Gasteiger partial charge in [0, 0.05) is 5.56 Å². The van der Waals surface area contributed by atoms with Crippen LogP contribution in [0.2, 0.25) is 0 Å². The predicted octanol–water partition coefficient (Wildman–Crippen LogP) is 6.89. The highest BCUT2D eigenvalue weighted by Gasteiger charge is 2.35. The fraction of sp³-hybridized carbons (Fsp3) is 0.714. The lowest BCUT2D eigenvalue weighted by atomic mass is 9.77. The number of alkyl halides is 1. The van der Waals surface area contributed by atoms with Crippen molar-refractivity contribution in [1.82, 2.24) is 0 Å². The van der Waals surface area contributed by atoms with Crippen LogP contribution in [0.3, 0.4) is 0 Å². The molecule has 0 aliphatic heterocycles. The van der Waals surface area contributed by atoms with E-state index in [1.807, 2.05) is 6.92 Å². The van der Waals surface area contributed by atoms with Gasteiger partial charge < -0.3 is 0 Å². The van der Waals surface area contributed by atoms with Crippen LogP contribution in [-0.4, -0.2) is 6.17 Å². The van der Waals surface area contributed by atoms with E-state index in [2.05, 4.69) is 6.92 Å². The molecule has 24 heavy (non-hydrogen) atoms. The van der Waals surface area contributed by atoms with E-state index in [1.165, 1.54) is 25.0 Å². The molecule has 2 aliphatic carbocycles. The van der Waals surface area contributed by atoms with Gasteiger partial charge in [-0.15, -0.1) is 0 Å². The lowest BCUT2D eigenvalue weighted by Crippen LogP contribution is -2.14. The average Bonchev–Trinajstić information content (AvgIpc) is 2.86. The summed E-state index contributed by atoms with van der Waals surface area (Å²) in [4.78, 5) is 0. The van der Waals surface area contributed by atoms with E-state index in [-0.39, 0.29) is 29.7 Å². The summed E-state index contributed by atoms with van der Waals surface area (Å²) in [7, 11) is 0. The molecule has 2 aliphatic rings. The Labute approximate surface area is 143 Å². The molecule has 1 unspecified atom stereocenters. The largest absolute Gasteiger partial charge is 0.247 e. The van der Waals surface area contributed by atoms with E-state index in [9.17, 15) is 13.2 Å². The first kappa shape index (κ1) is 17.8. The highest BCUT2D eigenvalue weighted by Crippen LogP contribution is 2.43. The molecule has 134 valence electrons. The SMILES string of the molecule is CCCC1CCC(c2cc(F)c(C3C[C@@H](C)[C@H](F)C3)c(F)c2)CC1. The molecule has 3 atom stereocenters. The number of hydrogen-bond acceptors (Lipinski definition) is 0. The second kappa shape index (κ2) is 7.49. The van der Waals surface area contributed by atoms with Gasteiger partial charge in [0.2, 0.25) is 0 Å². The summed E-state index contributed by atoms with van der Waals surface area (Å²) in [6.07, 6.45) is 6.68. The summed E-state index contributed by atoms with van der Waals surface area (Å²) in [6, 6.07) is 3.05. The van der Waals surface area contributed by atoms with Crippen LogP contribution in [0.15, 0.2) is 12.1 Å². The summed E-state index contributed by atoms with van der Waals surface area (Å²) < 4.78 is 43.0. The lowest BCUT2D eigenvalue weighted by molar-refractivity contribution is 0.277. The summed E-state index contributed by atoms with van der Waals surface area (Å²) in [5.41, 5.74) is 0.914. The molecule has 0 spiro atoms. The van der Waals surface area contributed by atoms with Crippen LogP contribution in [0.4, 0.5) is 13.2 Å². The second-order valence-electron chi connectivity index (χ2n) is 8.07. The van der Waals surface area contributed by atoms with Gasteiger partial charge in [-0.1, -0.05) is 26.7 Å². The highest BCUT2D eigenvalue weighted by molar-refractivity contribution is 5.32. The van der Waals surface area contributed by atoms with Crippen LogP contribution in [0.25, 0.3) is 0 Å². The van der Waals surface area contributed by atoms with Crippen molar-refractivity contribution in [3.05, 3.63) is 34.9 Å². The zero-order valence-electron chi connectivity index (χ0n) is 14.8. The maximum absolute atomic E-state index is 14.6. The quantitative estimate of drug-likeness (QED) is 0.560. The molecule has 0 bridgehead atoms. The summed E-state index contributed by atoms with van der Waals surface area (Å²) in [5, 5.41) is 0. The van der Waals surface area contributed by atoms with E-state index in [0.717, 1.165) is 37.2 Å². The first-order chi connectivity index (χ1) is 11.5. The fourth-order valence-electron chi connectivity index (χ4n) is 4.85. The van der Waals surface area contributed by atoms with Gasteiger partial charge in [0.25, 0.3) is 0 Å². The van der Waals surface area contributed by atoms with E-state index >= 15 is 0 Å². The van der Waals surface area contributed by atoms with Crippen LogP contribution in [-0.2, 0) is 0 Å². The summed E-state index contributed by atoms with van der Waals surface area (Å²) in [5.74, 6) is -0.306. The maximum Gasteiger partial charge on any atom is 0.129 e. The first-order valence-corrected chi connectivity index (χ1v) is 9.62. The van der Waals surface area contributed by atoms with E-state index in [1.54, 1.807) is 0 Å². The standard InChI is InChI=1S/C21H29F3/c1-3-4-14-5-7-15(8-6-14)16-10-19(23)21(20(24)11-16)17-9-13(2)18(22)12-17/h10-11,13-15,17-18H,3-9,12H2,1-2H3/t13-,14?,15?,17?,18-/m1/s1. The van der Waals surface area contributed by atoms with Crippen molar-refractivity contribution in [3.63, 3.8) is 0 Å². The minimum atomic E-state index is -0.942. The summed E-state index contributed by atoms with van der Waals surface area (Å²) >= 11 is 0. The van der Waals surface area contributed by atoms with Crippen LogP contribution < -0.4 is 0 Å². The normalized spacial score (nSPS) is 33.8. The molecule has 1 aromatic carbocycles. The molecular formula is C21H29F3. The molecule has 1 aromatic rings. The Morgan fingerprint density at radius 3 is 2.08 bits per heavy atom. The van der Waals surface area contributed by atoms with Gasteiger partial charge in [0.05, 0.1) is 0 Å². The van der Waals surface area contributed by atoms with Crippen molar-refractivity contribution in [2.24, 2.45) is 11.8 Å². The van der Waals surface area contributed by atoms with E-state index in [0.29, 0.717) is 6.42 Å². The third-order valence-electron chi connectivity index (χ3n) is 6.31. The molecule has 2 fully saturated rings. The predicted molar refractivity (Wildman–Crippen MR) is 92.0 cm³/mol. The zero-order chi connectivity index (χ0) is 17.3. The third-order valence-corrected chi connectivity index (χ3v) is 6.31. The Morgan fingerprint density at radius 1 is 0.958 bits per heavy atom. The van der Waals surface area contributed by atoms with E-state index < -0.39 is 17.8 Å². The summed E-state index contributed by atoms with van der Waals surface area (Å²) in [6.45, 7) is 4.03. The van der Waals surface area contributed by atoms with Crippen molar-refractivity contribution >= 4 is 0 Å². The second-order valence-corrected chi connectivity index (χ2v) is 8.07. The maximum atomic E-state index is 14.6. The Morgan fingerprint density at radius 2 is 1.58 bits per heavy atom. The molecule has 2 saturated carbocycles. The van der Waals surface area contributed by atoms with Crippen LogP contribution in [0.5, 0.6) is 0 Å². The third kappa shape index (κ3) is 3.65. The average molecular weight is 338 g/mol. The van der Waals surface area contributed by atoms with Crippen molar-refractivity contribution in [2.75, 3.05) is 0 Å². The van der Waals surface area contributed by atoms with Crippen molar-refractivity contribution in [2.45, 2.75) is 83.2 Å². The van der Waals surface area contributed by atoms with E-state index in [4.69, 9.17) is 0 Å². The Bertz CT molecular complexity index is 527. The number of hydrogen-bond donors (Lipinski definition) is 0. The molecule has 0 aromatic heterocycles. The Kier molecular flexibility index (Phi) is 5.56. The van der Waals surface area contributed by atoms with Gasteiger partial charge in [0.15, 0.2) is 0 Å². The fourth-order valence-corrected chi connectivity index (χ4v) is 4.85. The minimum absolute atomic E-state index is 0.109. The van der Waals surface area contributed by atoms with Crippen molar-refractivity contribution < 1.29 is 13.2 Å². The van der Waals surface area contributed by atoms with Crippen molar-refractivity contribution in [3.8, 4) is 0 Å². The van der Waals surface area contributed by atoms with Gasteiger partial charge in [-0.3, -0.25) is 0 Å². The molecule has 0 saturated heterocycles. The lowest BCUT2D eigenvalue weighted by Gasteiger charge is -2.29. The van der Waals surface area contributed by atoms with Crippen LogP contribution in [0, 0.1) is 23.5 Å². The molecular weight excluding hydrogens is 309 g/mol. The van der Waals surface area contributed by atoms with Crippen LogP contribution in [0.1, 0.15) is 88.2 Å². The molecule has 3 rings (SSSR count). The molecule has 0 radical (unpaired) electrons. The Balaban J connectivity index is 1.74. The number of halogens is 3. The molecule has 3 heteroatoms. The zero-order valence-corrected chi connectivity index (χ0v) is 14.8. The highest BCUT2D eigenvalue weighted by atomic mass is 19.1. The van der Waals surface area contributed by atoms with Gasteiger partial charge in [0.1, 0.15) is 17.8 Å². The van der Waals surface area contributed by atoms with Crippen molar-refractivity contribution in [1.29, 1.82) is 0 Å². The monoisotopic (exact) mass is 338 g/mol. The van der Waals surface area contributed by atoms with Gasteiger partial charge >= 0.3 is 0 Å². The smallest absolute Gasteiger partial charge is 0.129 e. The molecule has 0 N–H and O–H groups in total. The molecule has 0 heterocycles. The van der Waals surface area contributed by atoms with Gasteiger partial charge in [-0.05, 0) is 79.9 Å².